The predicted molar refractivity (Wildman–Crippen MR) is 84.0 cm³/mol. The van der Waals surface area contributed by atoms with Crippen LogP contribution in [0.5, 0.6) is 0 Å². The monoisotopic (exact) mass is 314 g/mol. The molecule has 0 aliphatic rings. The van der Waals surface area contributed by atoms with Gasteiger partial charge in [0.2, 0.25) is 5.91 Å². The first-order valence-electron chi connectivity index (χ1n) is 6.70. The summed E-state index contributed by atoms with van der Waals surface area (Å²) in [7, 11) is -1.70. The molecule has 0 aromatic heterocycles. The standard InChI is InChI=1S/C14H22N2O4S/c1-11-12(15)5-3-6-13(11)16-14(17)7-10-21(18,19)9-4-8-20-2/h3,5-6H,4,7-10,15H2,1-2H3,(H,16,17). The van der Waals surface area contributed by atoms with E-state index in [1.807, 2.05) is 0 Å². The Morgan fingerprint density at radius 3 is 2.71 bits per heavy atom. The number of methoxy groups -OCH3 is 1. The van der Waals surface area contributed by atoms with E-state index in [2.05, 4.69) is 5.32 Å². The van der Waals surface area contributed by atoms with Gasteiger partial charge in [-0.1, -0.05) is 6.07 Å². The van der Waals surface area contributed by atoms with Crippen LogP contribution < -0.4 is 11.1 Å². The number of carbonyl (C=O) groups is 1. The third-order valence-electron chi connectivity index (χ3n) is 3.09. The summed E-state index contributed by atoms with van der Waals surface area (Å²) in [6.07, 6.45) is 0.373. The summed E-state index contributed by atoms with van der Waals surface area (Å²) in [4.78, 5) is 11.8. The summed E-state index contributed by atoms with van der Waals surface area (Å²) in [5.41, 5.74) is 7.71. The molecule has 1 rings (SSSR count). The van der Waals surface area contributed by atoms with Gasteiger partial charge in [0.05, 0.1) is 11.5 Å². The van der Waals surface area contributed by atoms with Gasteiger partial charge in [-0.15, -0.1) is 0 Å². The molecule has 1 aromatic rings. The molecule has 1 aromatic carbocycles. The van der Waals surface area contributed by atoms with Crippen molar-refractivity contribution < 1.29 is 17.9 Å². The Bertz CT molecular complexity index is 585. The van der Waals surface area contributed by atoms with Gasteiger partial charge in [-0.3, -0.25) is 4.79 Å². The van der Waals surface area contributed by atoms with Crippen LogP contribution in [0.15, 0.2) is 18.2 Å². The van der Waals surface area contributed by atoms with Crippen molar-refractivity contribution in [2.24, 2.45) is 0 Å². The molecule has 0 radical (unpaired) electrons. The molecule has 21 heavy (non-hydrogen) atoms. The summed E-state index contributed by atoms with van der Waals surface area (Å²) < 4.78 is 28.3. The fourth-order valence-electron chi connectivity index (χ4n) is 1.78. The normalized spacial score (nSPS) is 11.3. The molecule has 118 valence electrons. The van der Waals surface area contributed by atoms with E-state index in [1.165, 1.54) is 7.11 Å². The second kappa shape index (κ2) is 7.99. The van der Waals surface area contributed by atoms with Gasteiger partial charge in [-0.2, -0.15) is 0 Å². The van der Waals surface area contributed by atoms with Gasteiger partial charge in [0, 0.05) is 31.5 Å². The number of rotatable bonds is 8. The van der Waals surface area contributed by atoms with Crippen molar-refractivity contribution in [2.45, 2.75) is 19.8 Å². The molecule has 0 unspecified atom stereocenters. The number of nitrogens with two attached hydrogens (primary N) is 1. The molecule has 7 heteroatoms. The first-order valence-corrected chi connectivity index (χ1v) is 8.52. The van der Waals surface area contributed by atoms with Crippen LogP contribution in [0, 0.1) is 6.92 Å². The third-order valence-corrected chi connectivity index (χ3v) is 4.83. The van der Waals surface area contributed by atoms with Gasteiger partial charge in [0.15, 0.2) is 9.84 Å². The first-order chi connectivity index (χ1) is 9.85. The van der Waals surface area contributed by atoms with Crippen molar-refractivity contribution in [2.75, 3.05) is 36.3 Å². The Morgan fingerprint density at radius 2 is 2.05 bits per heavy atom. The summed E-state index contributed by atoms with van der Waals surface area (Å²) in [6.45, 7) is 2.19. The number of benzene rings is 1. The molecule has 6 nitrogen and oxygen atoms in total. The number of hydrogen-bond acceptors (Lipinski definition) is 5. The molecule has 0 fully saturated rings. The lowest BCUT2D eigenvalue weighted by molar-refractivity contribution is -0.115. The lowest BCUT2D eigenvalue weighted by atomic mass is 10.1. The second-order valence-corrected chi connectivity index (χ2v) is 7.12. The van der Waals surface area contributed by atoms with Crippen LogP contribution in [-0.4, -0.2) is 39.5 Å². The minimum Gasteiger partial charge on any atom is -0.398 e. The van der Waals surface area contributed by atoms with E-state index >= 15 is 0 Å². The van der Waals surface area contributed by atoms with Crippen LogP contribution in [-0.2, 0) is 19.4 Å². The molecule has 1 amide bonds. The Hall–Kier alpha value is -1.60. The van der Waals surface area contributed by atoms with Crippen molar-refractivity contribution in [3.8, 4) is 0 Å². The van der Waals surface area contributed by atoms with Crippen molar-refractivity contribution >= 4 is 27.1 Å². The average molecular weight is 314 g/mol. The fourth-order valence-corrected chi connectivity index (χ4v) is 3.03. The minimum absolute atomic E-state index is 0.0332. The molecule has 0 heterocycles. The van der Waals surface area contributed by atoms with Crippen molar-refractivity contribution in [1.29, 1.82) is 0 Å². The summed E-state index contributed by atoms with van der Waals surface area (Å²) in [5, 5.41) is 2.68. The zero-order valence-electron chi connectivity index (χ0n) is 12.4. The predicted octanol–water partition coefficient (Wildman–Crippen LogP) is 1.36. The summed E-state index contributed by atoms with van der Waals surface area (Å²) in [5.74, 6) is -0.464. The molecule has 3 N–H and O–H groups in total. The Balaban J connectivity index is 2.49. The number of carbonyl (C=O) groups excluding carboxylic acids is 1. The quantitative estimate of drug-likeness (QED) is 0.557. The van der Waals surface area contributed by atoms with E-state index in [0.29, 0.717) is 24.4 Å². The van der Waals surface area contributed by atoms with E-state index in [0.717, 1.165) is 5.56 Å². The highest BCUT2D eigenvalue weighted by Gasteiger charge is 2.14. The maximum Gasteiger partial charge on any atom is 0.225 e. The molecule has 0 spiro atoms. The maximum atomic E-state index is 11.8. The van der Waals surface area contributed by atoms with Crippen LogP contribution in [0.2, 0.25) is 0 Å². The fraction of sp³-hybridized carbons (Fsp3) is 0.500. The smallest absolute Gasteiger partial charge is 0.225 e. The Morgan fingerprint density at radius 1 is 1.33 bits per heavy atom. The molecule has 0 saturated heterocycles. The second-order valence-electron chi connectivity index (χ2n) is 4.82. The highest BCUT2D eigenvalue weighted by molar-refractivity contribution is 7.91. The Labute approximate surface area is 125 Å². The number of nitrogens with one attached hydrogen (secondary N) is 1. The Kier molecular flexibility index (Phi) is 6.64. The van der Waals surface area contributed by atoms with Crippen LogP contribution in [0.1, 0.15) is 18.4 Å². The number of hydrogen-bond donors (Lipinski definition) is 2. The first kappa shape index (κ1) is 17.5. The minimum atomic E-state index is -3.22. The van der Waals surface area contributed by atoms with E-state index in [-0.39, 0.29) is 23.8 Å². The van der Waals surface area contributed by atoms with Gasteiger partial charge in [-0.05, 0) is 31.0 Å². The molecule has 0 aliphatic heterocycles. The van der Waals surface area contributed by atoms with E-state index in [4.69, 9.17) is 10.5 Å². The van der Waals surface area contributed by atoms with Crippen LogP contribution in [0.4, 0.5) is 11.4 Å². The number of sulfone groups is 1. The molecular weight excluding hydrogens is 292 g/mol. The van der Waals surface area contributed by atoms with Gasteiger partial charge < -0.3 is 15.8 Å². The lowest BCUT2D eigenvalue weighted by Crippen LogP contribution is -2.20. The van der Waals surface area contributed by atoms with Crippen molar-refractivity contribution in [3.63, 3.8) is 0 Å². The number of ether oxygens (including phenoxy) is 1. The number of nitrogen functional groups attached to an aromatic ring is 1. The molecular formula is C14H22N2O4S. The third kappa shape index (κ3) is 6.14. The van der Waals surface area contributed by atoms with Crippen LogP contribution >= 0.6 is 0 Å². The summed E-state index contributed by atoms with van der Waals surface area (Å²) in [6, 6.07) is 5.21. The lowest BCUT2D eigenvalue weighted by Gasteiger charge is -2.10. The van der Waals surface area contributed by atoms with E-state index < -0.39 is 9.84 Å². The highest BCUT2D eigenvalue weighted by Crippen LogP contribution is 2.20. The van der Waals surface area contributed by atoms with Crippen LogP contribution in [0.3, 0.4) is 0 Å². The highest BCUT2D eigenvalue weighted by atomic mass is 32.2. The van der Waals surface area contributed by atoms with Crippen LogP contribution in [0.25, 0.3) is 0 Å². The average Bonchev–Trinajstić information content (AvgIpc) is 2.42. The zero-order valence-corrected chi connectivity index (χ0v) is 13.2. The molecule has 0 saturated carbocycles. The largest absolute Gasteiger partial charge is 0.398 e. The van der Waals surface area contributed by atoms with Gasteiger partial charge in [-0.25, -0.2) is 8.42 Å². The number of amides is 1. The van der Waals surface area contributed by atoms with Gasteiger partial charge in [0.1, 0.15) is 0 Å². The molecule has 0 bridgehead atoms. The summed E-state index contributed by atoms with van der Waals surface area (Å²) >= 11 is 0. The van der Waals surface area contributed by atoms with Crippen molar-refractivity contribution in [3.05, 3.63) is 23.8 Å². The van der Waals surface area contributed by atoms with Gasteiger partial charge in [0.25, 0.3) is 0 Å². The molecule has 0 aliphatic carbocycles. The topological polar surface area (TPSA) is 98.5 Å². The zero-order chi connectivity index (χ0) is 15.9. The molecule has 0 atom stereocenters. The number of anilines is 2. The van der Waals surface area contributed by atoms with Crippen molar-refractivity contribution in [1.82, 2.24) is 0 Å². The SMILES string of the molecule is COCCCS(=O)(=O)CCC(=O)Nc1cccc(N)c1C. The van der Waals surface area contributed by atoms with E-state index in [1.54, 1.807) is 25.1 Å². The van der Waals surface area contributed by atoms with Gasteiger partial charge >= 0.3 is 0 Å². The maximum absolute atomic E-state index is 11.8. The van der Waals surface area contributed by atoms with E-state index in [9.17, 15) is 13.2 Å².